The molecule has 2 amide bonds. The minimum atomic E-state index is -0.141. The van der Waals surface area contributed by atoms with E-state index in [4.69, 9.17) is 0 Å². The summed E-state index contributed by atoms with van der Waals surface area (Å²) in [7, 11) is 1.77. The van der Waals surface area contributed by atoms with Gasteiger partial charge in [0.15, 0.2) is 0 Å². The molecule has 0 saturated heterocycles. The lowest BCUT2D eigenvalue weighted by molar-refractivity contribution is 0.220. The van der Waals surface area contributed by atoms with Crippen LogP contribution in [0.25, 0.3) is 11.0 Å². The predicted molar refractivity (Wildman–Crippen MR) is 83.0 cm³/mol. The van der Waals surface area contributed by atoms with Gasteiger partial charge in [-0.1, -0.05) is 30.3 Å². The van der Waals surface area contributed by atoms with Crippen molar-refractivity contribution >= 4 is 22.8 Å². The molecule has 0 saturated carbocycles. The number of benzene rings is 2. The second kappa shape index (κ2) is 5.66. The summed E-state index contributed by atoms with van der Waals surface area (Å²) in [5.41, 5.74) is 3.62. The van der Waals surface area contributed by atoms with Crippen LogP contribution in [0.2, 0.25) is 0 Å². The van der Waals surface area contributed by atoms with E-state index in [1.807, 2.05) is 48.5 Å². The number of hydrogen-bond acceptors (Lipinski definition) is 2. The van der Waals surface area contributed by atoms with Crippen molar-refractivity contribution in [2.24, 2.45) is 0 Å². The highest BCUT2D eigenvalue weighted by molar-refractivity contribution is 5.91. The average molecular weight is 280 g/mol. The molecule has 3 rings (SSSR count). The first kappa shape index (κ1) is 13.2. The summed E-state index contributed by atoms with van der Waals surface area (Å²) in [4.78, 5) is 21.0. The molecule has 2 aromatic carbocycles. The first-order chi connectivity index (χ1) is 10.2. The van der Waals surface area contributed by atoms with Gasteiger partial charge in [0.25, 0.3) is 0 Å². The monoisotopic (exact) mass is 280 g/mol. The van der Waals surface area contributed by atoms with Crippen LogP contribution in [-0.2, 0) is 6.54 Å². The molecule has 0 radical (unpaired) electrons. The molecule has 0 fully saturated rings. The number of carbonyl (C=O) groups excluding carboxylic acids is 1. The largest absolute Gasteiger partial charge is 0.345 e. The van der Waals surface area contributed by atoms with Crippen LogP contribution in [0, 0.1) is 0 Å². The number of aromatic nitrogens is 2. The SMILES string of the molecule is CN(Cc1ccccc1)C(=O)Nc1ccc2nc[nH]c2c1. The number of carbonyl (C=O) groups is 1. The molecule has 106 valence electrons. The molecule has 0 bridgehead atoms. The van der Waals surface area contributed by atoms with Crippen molar-refractivity contribution in [2.45, 2.75) is 6.54 Å². The van der Waals surface area contributed by atoms with E-state index in [2.05, 4.69) is 15.3 Å². The van der Waals surface area contributed by atoms with E-state index in [0.29, 0.717) is 6.54 Å². The lowest BCUT2D eigenvalue weighted by Gasteiger charge is -2.18. The first-order valence-corrected chi connectivity index (χ1v) is 6.71. The zero-order valence-corrected chi connectivity index (χ0v) is 11.7. The van der Waals surface area contributed by atoms with Crippen molar-refractivity contribution in [1.29, 1.82) is 0 Å². The Morgan fingerprint density at radius 2 is 2.05 bits per heavy atom. The number of nitrogens with one attached hydrogen (secondary N) is 2. The highest BCUT2D eigenvalue weighted by atomic mass is 16.2. The van der Waals surface area contributed by atoms with Crippen LogP contribution in [0.15, 0.2) is 54.9 Å². The summed E-state index contributed by atoms with van der Waals surface area (Å²) in [5.74, 6) is 0. The summed E-state index contributed by atoms with van der Waals surface area (Å²) < 4.78 is 0. The molecule has 0 atom stereocenters. The van der Waals surface area contributed by atoms with Crippen LogP contribution in [0.3, 0.4) is 0 Å². The summed E-state index contributed by atoms with van der Waals surface area (Å²) in [6.07, 6.45) is 1.64. The molecule has 3 aromatic rings. The lowest BCUT2D eigenvalue weighted by Crippen LogP contribution is -2.30. The van der Waals surface area contributed by atoms with Crippen molar-refractivity contribution in [1.82, 2.24) is 14.9 Å². The van der Waals surface area contributed by atoms with Crippen LogP contribution < -0.4 is 5.32 Å². The maximum atomic E-state index is 12.2. The number of aromatic amines is 1. The van der Waals surface area contributed by atoms with Crippen LogP contribution in [0.4, 0.5) is 10.5 Å². The molecule has 1 aromatic heterocycles. The van der Waals surface area contributed by atoms with E-state index in [0.717, 1.165) is 22.3 Å². The number of urea groups is 1. The van der Waals surface area contributed by atoms with Gasteiger partial charge in [0, 0.05) is 19.3 Å². The summed E-state index contributed by atoms with van der Waals surface area (Å²) in [6, 6.07) is 15.3. The third-order valence-corrected chi connectivity index (χ3v) is 3.28. The Kier molecular flexibility index (Phi) is 3.55. The Balaban J connectivity index is 1.67. The minimum Gasteiger partial charge on any atom is -0.345 e. The van der Waals surface area contributed by atoms with Gasteiger partial charge >= 0.3 is 6.03 Å². The zero-order valence-electron chi connectivity index (χ0n) is 11.7. The fourth-order valence-corrected chi connectivity index (χ4v) is 2.16. The Bertz CT molecular complexity index is 751. The second-order valence-corrected chi connectivity index (χ2v) is 4.91. The molecule has 2 N–H and O–H groups in total. The highest BCUT2D eigenvalue weighted by Crippen LogP contribution is 2.16. The van der Waals surface area contributed by atoms with Crippen molar-refractivity contribution in [3.8, 4) is 0 Å². The molecule has 0 unspecified atom stereocenters. The number of imidazole rings is 1. The van der Waals surface area contributed by atoms with Crippen LogP contribution in [-0.4, -0.2) is 27.9 Å². The third kappa shape index (κ3) is 3.02. The topological polar surface area (TPSA) is 61.0 Å². The predicted octanol–water partition coefficient (Wildman–Crippen LogP) is 3.23. The average Bonchev–Trinajstić information content (AvgIpc) is 2.95. The number of anilines is 1. The summed E-state index contributed by atoms with van der Waals surface area (Å²) >= 11 is 0. The zero-order chi connectivity index (χ0) is 14.7. The van der Waals surface area contributed by atoms with Gasteiger partial charge in [-0.3, -0.25) is 0 Å². The quantitative estimate of drug-likeness (QED) is 0.773. The second-order valence-electron chi connectivity index (χ2n) is 4.91. The van der Waals surface area contributed by atoms with Crippen molar-refractivity contribution in [3.63, 3.8) is 0 Å². The molecule has 5 heteroatoms. The minimum absolute atomic E-state index is 0.141. The molecule has 1 heterocycles. The van der Waals surface area contributed by atoms with Crippen molar-refractivity contribution in [2.75, 3.05) is 12.4 Å². The van der Waals surface area contributed by atoms with Crippen LogP contribution in [0.1, 0.15) is 5.56 Å². The Hall–Kier alpha value is -2.82. The number of fused-ring (bicyclic) bond motifs is 1. The van der Waals surface area contributed by atoms with Gasteiger partial charge in [-0.2, -0.15) is 0 Å². The smallest absolute Gasteiger partial charge is 0.321 e. The summed E-state index contributed by atoms with van der Waals surface area (Å²) in [5, 5.41) is 2.88. The molecular formula is C16H16N4O. The van der Waals surface area contributed by atoms with Crippen molar-refractivity contribution in [3.05, 3.63) is 60.4 Å². The molecule has 0 aliphatic heterocycles. The van der Waals surface area contributed by atoms with Gasteiger partial charge in [-0.25, -0.2) is 9.78 Å². The van der Waals surface area contributed by atoms with E-state index in [1.54, 1.807) is 18.3 Å². The van der Waals surface area contributed by atoms with Crippen molar-refractivity contribution < 1.29 is 4.79 Å². The molecule has 0 aliphatic carbocycles. The van der Waals surface area contributed by atoms with Gasteiger partial charge in [0.05, 0.1) is 17.4 Å². The maximum Gasteiger partial charge on any atom is 0.321 e. The Morgan fingerprint density at radius 3 is 2.86 bits per heavy atom. The molecule has 5 nitrogen and oxygen atoms in total. The standard InChI is InChI=1S/C16H16N4O/c1-20(10-12-5-3-2-4-6-12)16(21)19-13-7-8-14-15(9-13)18-11-17-14/h2-9,11H,10H2,1H3,(H,17,18)(H,19,21). The summed E-state index contributed by atoms with van der Waals surface area (Å²) in [6.45, 7) is 0.568. The van der Waals surface area contributed by atoms with Gasteiger partial charge in [0.2, 0.25) is 0 Å². The number of rotatable bonds is 3. The Morgan fingerprint density at radius 1 is 1.24 bits per heavy atom. The van der Waals surface area contributed by atoms with E-state index in [9.17, 15) is 4.79 Å². The highest BCUT2D eigenvalue weighted by Gasteiger charge is 2.09. The van der Waals surface area contributed by atoms with E-state index < -0.39 is 0 Å². The first-order valence-electron chi connectivity index (χ1n) is 6.71. The van der Waals surface area contributed by atoms with Gasteiger partial charge in [0.1, 0.15) is 0 Å². The van der Waals surface area contributed by atoms with E-state index in [-0.39, 0.29) is 6.03 Å². The fraction of sp³-hybridized carbons (Fsp3) is 0.125. The number of nitrogens with zero attached hydrogens (tertiary/aromatic N) is 2. The van der Waals surface area contributed by atoms with Gasteiger partial charge in [-0.05, 0) is 23.8 Å². The van der Waals surface area contributed by atoms with Crippen LogP contribution in [0.5, 0.6) is 0 Å². The normalized spacial score (nSPS) is 10.5. The number of H-pyrrole nitrogens is 1. The lowest BCUT2D eigenvalue weighted by atomic mass is 10.2. The third-order valence-electron chi connectivity index (χ3n) is 3.28. The fourth-order valence-electron chi connectivity index (χ4n) is 2.16. The van der Waals surface area contributed by atoms with Gasteiger partial charge < -0.3 is 15.2 Å². The molecule has 21 heavy (non-hydrogen) atoms. The molecular weight excluding hydrogens is 264 g/mol. The number of amides is 2. The van der Waals surface area contributed by atoms with E-state index >= 15 is 0 Å². The Labute approximate surface area is 122 Å². The maximum absolute atomic E-state index is 12.2. The van der Waals surface area contributed by atoms with Crippen LogP contribution >= 0.6 is 0 Å². The van der Waals surface area contributed by atoms with E-state index in [1.165, 1.54) is 0 Å². The van der Waals surface area contributed by atoms with Gasteiger partial charge in [-0.15, -0.1) is 0 Å². The molecule has 0 aliphatic rings. The molecule has 0 spiro atoms. The number of hydrogen-bond donors (Lipinski definition) is 2.